The fourth-order valence-corrected chi connectivity index (χ4v) is 3.61. The summed E-state index contributed by atoms with van der Waals surface area (Å²) in [5, 5.41) is 8.30. The van der Waals surface area contributed by atoms with Gasteiger partial charge in [-0.05, 0) is 49.2 Å². The van der Waals surface area contributed by atoms with Gasteiger partial charge >= 0.3 is 0 Å². The second kappa shape index (κ2) is 10.6. The van der Waals surface area contributed by atoms with E-state index in [9.17, 15) is 0 Å². The number of hydrogen-bond donors (Lipinski definition) is 2. The molecule has 2 fully saturated rings. The maximum absolute atomic E-state index is 5.92. The van der Waals surface area contributed by atoms with E-state index in [1.54, 1.807) is 0 Å². The van der Waals surface area contributed by atoms with Crippen LogP contribution in [0, 0.1) is 0 Å². The highest BCUT2D eigenvalue weighted by molar-refractivity contribution is 6.30. The van der Waals surface area contributed by atoms with Gasteiger partial charge in [0.25, 0.3) is 0 Å². The van der Waals surface area contributed by atoms with Gasteiger partial charge in [0.15, 0.2) is 0 Å². The van der Waals surface area contributed by atoms with Crippen molar-refractivity contribution >= 4 is 23.2 Å². The third-order valence-electron chi connectivity index (χ3n) is 4.84. The maximum atomic E-state index is 5.92. The van der Waals surface area contributed by atoms with E-state index in [1.807, 2.05) is 48.5 Å². The Kier molecular flexibility index (Phi) is 8.15. The minimum absolute atomic E-state index is 0.143. The predicted molar refractivity (Wildman–Crippen MR) is 115 cm³/mol. The molecule has 2 aliphatic heterocycles. The van der Waals surface area contributed by atoms with E-state index in [1.165, 1.54) is 0 Å². The lowest BCUT2D eigenvalue weighted by Gasteiger charge is -2.28. The minimum atomic E-state index is 0.143. The molecule has 2 heterocycles. The summed E-state index contributed by atoms with van der Waals surface area (Å²) in [5.41, 5.74) is 2.30. The summed E-state index contributed by atoms with van der Waals surface area (Å²) in [5.74, 6) is 0. The molecule has 2 N–H and O–H groups in total. The second-order valence-electron chi connectivity index (χ2n) is 7.37. The van der Waals surface area contributed by atoms with Crippen LogP contribution < -0.4 is 10.6 Å². The van der Waals surface area contributed by atoms with Gasteiger partial charge in [0.05, 0.1) is 25.4 Å². The summed E-state index contributed by atoms with van der Waals surface area (Å²) >= 11 is 11.8. The van der Waals surface area contributed by atoms with Crippen LogP contribution in [0.15, 0.2) is 48.5 Å². The Morgan fingerprint density at radius 1 is 0.750 bits per heavy atom. The molecule has 0 spiro atoms. The average molecular weight is 423 g/mol. The molecule has 0 saturated carbocycles. The Morgan fingerprint density at radius 2 is 1.18 bits per heavy atom. The van der Waals surface area contributed by atoms with Crippen LogP contribution in [0.2, 0.25) is 10.0 Å². The molecule has 4 atom stereocenters. The van der Waals surface area contributed by atoms with Gasteiger partial charge in [-0.25, -0.2) is 0 Å². The Bertz CT molecular complexity index is 679. The Balaban J connectivity index is 0.000000161. The zero-order valence-electron chi connectivity index (χ0n) is 16.3. The highest BCUT2D eigenvalue weighted by Gasteiger charge is 2.20. The first-order valence-electron chi connectivity index (χ1n) is 9.72. The number of hydrogen-bond acceptors (Lipinski definition) is 4. The molecule has 0 aliphatic carbocycles. The zero-order valence-corrected chi connectivity index (χ0v) is 17.8. The molecule has 2 saturated heterocycles. The third-order valence-corrected chi connectivity index (χ3v) is 5.31. The number of benzene rings is 2. The molecular formula is C22H28Cl2N2O2. The van der Waals surface area contributed by atoms with Crippen LogP contribution in [0.4, 0.5) is 0 Å². The number of ether oxygens (including phenoxy) is 2. The summed E-state index contributed by atoms with van der Waals surface area (Å²) in [6, 6.07) is 16.6. The fraction of sp³-hybridized carbons (Fsp3) is 0.455. The topological polar surface area (TPSA) is 42.5 Å². The van der Waals surface area contributed by atoms with Crippen LogP contribution in [0.1, 0.15) is 37.2 Å². The van der Waals surface area contributed by atoms with Gasteiger partial charge in [0.2, 0.25) is 0 Å². The van der Waals surface area contributed by atoms with Crippen LogP contribution in [0.25, 0.3) is 0 Å². The Morgan fingerprint density at radius 3 is 1.50 bits per heavy atom. The molecular weight excluding hydrogens is 395 g/mol. The molecule has 2 aliphatic rings. The molecule has 2 aromatic rings. The standard InChI is InChI=1S/2C11H14ClNO/c2*1-8-7-14-11(6-13-8)9-3-2-4-10(12)5-9/h2*2-5,8,11,13H,6-7H2,1H3/t8-,11?;8-,11+/m11/s1. The van der Waals surface area contributed by atoms with Crippen LogP contribution in [0.5, 0.6) is 0 Å². The van der Waals surface area contributed by atoms with Gasteiger partial charge in [-0.2, -0.15) is 0 Å². The van der Waals surface area contributed by atoms with E-state index in [0.29, 0.717) is 12.1 Å². The molecule has 2 aromatic carbocycles. The van der Waals surface area contributed by atoms with E-state index < -0.39 is 0 Å². The number of rotatable bonds is 2. The van der Waals surface area contributed by atoms with Gasteiger partial charge in [-0.3, -0.25) is 0 Å². The first kappa shape index (κ1) is 21.6. The van der Waals surface area contributed by atoms with Gasteiger partial charge in [-0.15, -0.1) is 0 Å². The van der Waals surface area contributed by atoms with Crippen molar-refractivity contribution in [2.75, 3.05) is 26.3 Å². The summed E-state index contributed by atoms with van der Waals surface area (Å²) in [4.78, 5) is 0. The lowest BCUT2D eigenvalue weighted by atomic mass is 10.1. The first-order chi connectivity index (χ1) is 13.5. The van der Waals surface area contributed by atoms with Crippen LogP contribution in [-0.2, 0) is 9.47 Å². The number of nitrogens with one attached hydrogen (secondary N) is 2. The molecule has 1 unspecified atom stereocenters. The summed E-state index contributed by atoms with van der Waals surface area (Å²) in [7, 11) is 0. The van der Waals surface area contributed by atoms with E-state index in [4.69, 9.17) is 32.7 Å². The SMILES string of the molecule is C[C@@H]1COC(c2cccc(Cl)c2)CN1.C[C@@H]1CO[C@H](c2cccc(Cl)c2)CN1. The molecule has 0 radical (unpaired) electrons. The Hall–Kier alpha value is -1.14. The molecule has 28 heavy (non-hydrogen) atoms. The predicted octanol–water partition coefficient (Wildman–Crippen LogP) is 4.78. The molecule has 152 valence electrons. The molecule has 4 nitrogen and oxygen atoms in total. The largest absolute Gasteiger partial charge is 0.371 e. The van der Waals surface area contributed by atoms with Crippen molar-refractivity contribution in [1.29, 1.82) is 0 Å². The second-order valence-corrected chi connectivity index (χ2v) is 8.25. The molecule has 0 aromatic heterocycles. The van der Waals surface area contributed by atoms with Crippen LogP contribution in [0.3, 0.4) is 0 Å². The summed E-state index contributed by atoms with van der Waals surface area (Å²) in [6.07, 6.45) is 0.287. The van der Waals surface area contributed by atoms with Crippen molar-refractivity contribution in [2.45, 2.75) is 38.1 Å². The average Bonchev–Trinajstić information content (AvgIpc) is 2.70. The lowest BCUT2D eigenvalue weighted by Crippen LogP contribution is -2.40. The quantitative estimate of drug-likeness (QED) is 0.730. The highest BCUT2D eigenvalue weighted by atomic mass is 35.5. The fourth-order valence-electron chi connectivity index (χ4n) is 3.22. The minimum Gasteiger partial charge on any atom is -0.371 e. The van der Waals surface area contributed by atoms with E-state index in [-0.39, 0.29) is 12.2 Å². The van der Waals surface area contributed by atoms with Gasteiger partial charge < -0.3 is 20.1 Å². The van der Waals surface area contributed by atoms with Gasteiger partial charge in [0, 0.05) is 35.2 Å². The van der Waals surface area contributed by atoms with E-state index in [2.05, 4.69) is 24.5 Å². The molecule has 0 bridgehead atoms. The first-order valence-corrected chi connectivity index (χ1v) is 10.5. The molecule has 0 amide bonds. The number of halogens is 2. The van der Waals surface area contributed by atoms with Crippen molar-refractivity contribution in [3.8, 4) is 0 Å². The van der Waals surface area contributed by atoms with Crippen LogP contribution in [-0.4, -0.2) is 38.4 Å². The highest BCUT2D eigenvalue weighted by Crippen LogP contribution is 2.23. The monoisotopic (exact) mass is 422 g/mol. The van der Waals surface area contributed by atoms with Crippen molar-refractivity contribution in [1.82, 2.24) is 10.6 Å². The third kappa shape index (κ3) is 6.45. The smallest absolute Gasteiger partial charge is 0.0950 e. The Labute approximate surface area is 177 Å². The van der Waals surface area contributed by atoms with E-state index in [0.717, 1.165) is 47.5 Å². The van der Waals surface area contributed by atoms with Gasteiger partial charge in [-0.1, -0.05) is 47.5 Å². The van der Waals surface area contributed by atoms with Crippen molar-refractivity contribution in [3.05, 3.63) is 69.7 Å². The van der Waals surface area contributed by atoms with Crippen molar-refractivity contribution in [3.63, 3.8) is 0 Å². The van der Waals surface area contributed by atoms with E-state index >= 15 is 0 Å². The van der Waals surface area contributed by atoms with Gasteiger partial charge in [0.1, 0.15) is 0 Å². The zero-order chi connectivity index (χ0) is 19.9. The lowest BCUT2D eigenvalue weighted by molar-refractivity contribution is 0.00692. The normalized spacial score (nSPS) is 27.6. The summed E-state index contributed by atoms with van der Waals surface area (Å²) in [6.45, 7) is 7.49. The van der Waals surface area contributed by atoms with Crippen LogP contribution >= 0.6 is 23.2 Å². The summed E-state index contributed by atoms with van der Waals surface area (Å²) < 4.78 is 11.4. The molecule has 6 heteroatoms. The number of morpholine rings is 2. The molecule has 4 rings (SSSR count). The van der Waals surface area contributed by atoms with Crippen molar-refractivity contribution < 1.29 is 9.47 Å². The maximum Gasteiger partial charge on any atom is 0.0950 e. The van der Waals surface area contributed by atoms with Crippen molar-refractivity contribution in [2.24, 2.45) is 0 Å².